The smallest absolute Gasteiger partial charge is 0.0431 e. The fourth-order valence-electron chi connectivity index (χ4n) is 0.487. The molecule has 0 aliphatic rings. The summed E-state index contributed by atoms with van der Waals surface area (Å²) in [6.45, 7) is 5.67. The molecular formula is C6H14NO. The summed E-state index contributed by atoms with van der Waals surface area (Å²) >= 11 is 0. The minimum Gasteiger partial charge on any atom is -0.396 e. The van der Waals surface area contributed by atoms with Gasteiger partial charge in [0.1, 0.15) is 0 Å². The van der Waals surface area contributed by atoms with Crippen LogP contribution in [0.3, 0.4) is 0 Å². The molecule has 8 heavy (non-hydrogen) atoms. The number of unbranched alkanes of at least 4 members (excludes halogenated alkanes) is 1. The molecule has 0 heterocycles. The first-order valence-electron chi connectivity index (χ1n) is 3.02. The minimum atomic E-state index is 0.304. The zero-order valence-corrected chi connectivity index (χ0v) is 5.19. The van der Waals surface area contributed by atoms with Crippen LogP contribution in [0.5, 0.6) is 0 Å². The molecule has 0 aliphatic heterocycles. The lowest BCUT2D eigenvalue weighted by Crippen LogP contribution is -2.14. The van der Waals surface area contributed by atoms with Gasteiger partial charge in [0.15, 0.2) is 0 Å². The molecule has 49 valence electrons. The van der Waals surface area contributed by atoms with E-state index in [1.54, 1.807) is 0 Å². The molecule has 0 unspecified atom stereocenters. The molecule has 0 aromatic rings. The molecule has 2 nitrogen and oxygen atoms in total. The number of hydrogen-bond acceptors (Lipinski definition) is 2. The summed E-state index contributed by atoms with van der Waals surface area (Å²) in [7, 11) is 0. The second kappa shape index (κ2) is 6.92. The van der Waals surface area contributed by atoms with Gasteiger partial charge in [-0.2, -0.15) is 0 Å². The molecule has 1 radical (unpaired) electrons. The number of aliphatic hydroxyl groups excluding tert-OH is 1. The Labute approximate surface area is 50.9 Å². The lowest BCUT2D eigenvalue weighted by atomic mass is 10.3. The molecule has 0 bridgehead atoms. The third-order valence-electron chi connectivity index (χ3n) is 0.938. The molecule has 0 fully saturated rings. The van der Waals surface area contributed by atoms with Crippen LogP contribution in [-0.4, -0.2) is 24.8 Å². The van der Waals surface area contributed by atoms with Gasteiger partial charge in [-0.05, 0) is 32.9 Å². The molecule has 0 atom stereocenters. The summed E-state index contributed by atoms with van der Waals surface area (Å²) in [6.07, 6.45) is 1.94. The number of aliphatic hydroxyl groups is 1. The third-order valence-corrected chi connectivity index (χ3v) is 0.938. The van der Waals surface area contributed by atoms with Gasteiger partial charge >= 0.3 is 0 Å². The van der Waals surface area contributed by atoms with Crippen LogP contribution >= 0.6 is 0 Å². The minimum absolute atomic E-state index is 0.304. The normalized spacial score (nSPS) is 9.75. The fourth-order valence-corrected chi connectivity index (χ4v) is 0.487. The topological polar surface area (TPSA) is 32.3 Å². The van der Waals surface area contributed by atoms with E-state index in [-0.39, 0.29) is 0 Å². The monoisotopic (exact) mass is 116 g/mol. The average molecular weight is 116 g/mol. The highest BCUT2D eigenvalue weighted by Crippen LogP contribution is 1.81. The maximum atomic E-state index is 8.32. The molecule has 2 N–H and O–H groups in total. The molecular weight excluding hydrogens is 102 g/mol. The van der Waals surface area contributed by atoms with Crippen LogP contribution in [0.15, 0.2) is 0 Å². The highest BCUT2D eigenvalue weighted by Gasteiger charge is 1.82. The van der Waals surface area contributed by atoms with E-state index in [1.165, 1.54) is 0 Å². The van der Waals surface area contributed by atoms with E-state index in [4.69, 9.17) is 5.11 Å². The van der Waals surface area contributed by atoms with Gasteiger partial charge in [0.05, 0.1) is 0 Å². The summed E-state index contributed by atoms with van der Waals surface area (Å²) in [4.78, 5) is 0. The van der Waals surface area contributed by atoms with E-state index in [0.717, 1.165) is 25.9 Å². The molecule has 2 heteroatoms. The van der Waals surface area contributed by atoms with E-state index in [9.17, 15) is 0 Å². The first-order valence-corrected chi connectivity index (χ1v) is 3.02. The zero-order chi connectivity index (χ0) is 6.24. The second-order valence-corrected chi connectivity index (χ2v) is 1.68. The van der Waals surface area contributed by atoms with Crippen LogP contribution in [-0.2, 0) is 0 Å². The first-order chi connectivity index (χ1) is 3.91. The quantitative estimate of drug-likeness (QED) is 0.502. The van der Waals surface area contributed by atoms with Gasteiger partial charge in [-0.25, -0.2) is 0 Å². The Balaban J connectivity index is 2.53. The SMILES string of the molecule is [CH2]CNCCCCO. The van der Waals surface area contributed by atoms with Gasteiger partial charge in [0.25, 0.3) is 0 Å². The summed E-state index contributed by atoms with van der Waals surface area (Å²) in [6, 6.07) is 0. The Kier molecular flexibility index (Phi) is 6.85. The Morgan fingerprint density at radius 3 is 2.62 bits per heavy atom. The highest BCUT2D eigenvalue weighted by atomic mass is 16.2. The third kappa shape index (κ3) is 5.92. The van der Waals surface area contributed by atoms with Crippen LogP contribution in [0.2, 0.25) is 0 Å². The van der Waals surface area contributed by atoms with Crippen molar-refractivity contribution in [2.45, 2.75) is 12.8 Å². The molecule has 0 aromatic carbocycles. The van der Waals surface area contributed by atoms with Crippen LogP contribution in [0.25, 0.3) is 0 Å². The maximum absolute atomic E-state index is 8.32. The second-order valence-electron chi connectivity index (χ2n) is 1.68. The van der Waals surface area contributed by atoms with Gasteiger partial charge in [-0.3, -0.25) is 0 Å². The van der Waals surface area contributed by atoms with Gasteiger partial charge in [-0.1, -0.05) is 0 Å². The highest BCUT2D eigenvalue weighted by molar-refractivity contribution is 4.47. The predicted molar refractivity (Wildman–Crippen MR) is 34.5 cm³/mol. The summed E-state index contributed by atoms with van der Waals surface area (Å²) in [5.41, 5.74) is 0. The maximum Gasteiger partial charge on any atom is 0.0431 e. The number of hydrogen-bond donors (Lipinski definition) is 2. The summed E-state index contributed by atoms with van der Waals surface area (Å²) < 4.78 is 0. The van der Waals surface area contributed by atoms with Crippen LogP contribution in [0.1, 0.15) is 12.8 Å². The van der Waals surface area contributed by atoms with Crippen LogP contribution < -0.4 is 5.32 Å². The molecule has 0 aromatic heterocycles. The Morgan fingerprint density at radius 1 is 1.38 bits per heavy atom. The lowest BCUT2D eigenvalue weighted by Gasteiger charge is -1.96. The molecule has 0 spiro atoms. The fraction of sp³-hybridized carbons (Fsp3) is 0.833. The Hall–Kier alpha value is -0.0800. The van der Waals surface area contributed by atoms with Crippen molar-refractivity contribution >= 4 is 0 Å². The van der Waals surface area contributed by atoms with Crippen molar-refractivity contribution < 1.29 is 5.11 Å². The van der Waals surface area contributed by atoms with Crippen molar-refractivity contribution in [1.29, 1.82) is 0 Å². The average Bonchev–Trinajstić information content (AvgIpc) is 1.81. The van der Waals surface area contributed by atoms with Gasteiger partial charge in [-0.15, -0.1) is 0 Å². The standard InChI is InChI=1S/C6H14NO/c1-2-7-5-3-4-6-8/h7-8H,1-6H2. The van der Waals surface area contributed by atoms with E-state index >= 15 is 0 Å². The lowest BCUT2D eigenvalue weighted by molar-refractivity contribution is 0.284. The van der Waals surface area contributed by atoms with Crippen molar-refractivity contribution in [3.63, 3.8) is 0 Å². The summed E-state index contributed by atoms with van der Waals surface area (Å²) in [5.74, 6) is 0. The predicted octanol–water partition coefficient (Wildman–Crippen LogP) is 0.183. The van der Waals surface area contributed by atoms with E-state index < -0.39 is 0 Å². The van der Waals surface area contributed by atoms with Crippen LogP contribution in [0.4, 0.5) is 0 Å². The molecule has 0 saturated heterocycles. The van der Waals surface area contributed by atoms with E-state index in [2.05, 4.69) is 12.2 Å². The van der Waals surface area contributed by atoms with Crippen molar-refractivity contribution in [3.8, 4) is 0 Å². The van der Waals surface area contributed by atoms with Crippen molar-refractivity contribution in [1.82, 2.24) is 5.32 Å². The largest absolute Gasteiger partial charge is 0.396 e. The van der Waals surface area contributed by atoms with E-state index in [1.807, 2.05) is 0 Å². The van der Waals surface area contributed by atoms with Gasteiger partial charge in [0, 0.05) is 6.61 Å². The Morgan fingerprint density at radius 2 is 2.12 bits per heavy atom. The number of nitrogens with one attached hydrogen (secondary N) is 1. The first kappa shape index (κ1) is 7.92. The Bertz CT molecular complexity index is 33.5. The van der Waals surface area contributed by atoms with Crippen LogP contribution in [0, 0.1) is 6.92 Å². The van der Waals surface area contributed by atoms with Crippen molar-refractivity contribution in [3.05, 3.63) is 6.92 Å². The van der Waals surface area contributed by atoms with Crippen molar-refractivity contribution in [2.75, 3.05) is 19.7 Å². The van der Waals surface area contributed by atoms with E-state index in [0.29, 0.717) is 6.61 Å². The van der Waals surface area contributed by atoms with Gasteiger partial charge < -0.3 is 10.4 Å². The van der Waals surface area contributed by atoms with Crippen molar-refractivity contribution in [2.24, 2.45) is 0 Å². The number of rotatable bonds is 5. The molecule has 0 rings (SSSR count). The molecule has 0 aliphatic carbocycles. The van der Waals surface area contributed by atoms with Gasteiger partial charge in [0.2, 0.25) is 0 Å². The zero-order valence-electron chi connectivity index (χ0n) is 5.19. The molecule has 0 amide bonds. The molecule has 0 saturated carbocycles. The summed E-state index contributed by atoms with van der Waals surface area (Å²) in [5, 5.41) is 11.4.